The molecule has 1 aliphatic heterocycles. The van der Waals surface area contributed by atoms with Crippen molar-refractivity contribution in [2.45, 2.75) is 20.4 Å². The van der Waals surface area contributed by atoms with Crippen LogP contribution in [0.5, 0.6) is 5.75 Å². The van der Waals surface area contributed by atoms with Gasteiger partial charge in [0.2, 0.25) is 0 Å². The van der Waals surface area contributed by atoms with E-state index in [2.05, 4.69) is 41.2 Å². The van der Waals surface area contributed by atoms with Gasteiger partial charge < -0.3 is 20.5 Å². The van der Waals surface area contributed by atoms with Crippen molar-refractivity contribution in [1.82, 2.24) is 4.90 Å². The minimum atomic E-state index is 0. The Morgan fingerprint density at radius 3 is 2.66 bits per heavy atom. The summed E-state index contributed by atoms with van der Waals surface area (Å²) in [7, 11) is 0. The number of nitrogens with zero attached hydrogens (tertiary/aromatic N) is 2. The lowest BCUT2D eigenvalue weighted by molar-refractivity contribution is 0.0322. The zero-order valence-corrected chi connectivity index (χ0v) is 19.5. The van der Waals surface area contributed by atoms with Gasteiger partial charge in [-0.1, -0.05) is 24.3 Å². The predicted octanol–water partition coefficient (Wildman–Crippen LogP) is 3.56. The summed E-state index contributed by atoms with van der Waals surface area (Å²) < 4.78 is 11.4. The number of halogens is 1. The van der Waals surface area contributed by atoms with Crippen molar-refractivity contribution in [3.63, 3.8) is 0 Å². The summed E-state index contributed by atoms with van der Waals surface area (Å²) in [6.45, 7) is 9.74. The molecule has 0 spiro atoms. The second-order valence-electron chi connectivity index (χ2n) is 7.04. The van der Waals surface area contributed by atoms with Gasteiger partial charge in [-0.15, -0.1) is 24.0 Å². The molecule has 2 aromatic rings. The van der Waals surface area contributed by atoms with Crippen LogP contribution in [-0.4, -0.2) is 50.3 Å². The van der Waals surface area contributed by atoms with E-state index in [9.17, 15) is 0 Å². The number of ether oxygens (including phenoxy) is 2. The molecule has 2 aromatic carbocycles. The van der Waals surface area contributed by atoms with Gasteiger partial charge in [-0.05, 0) is 43.2 Å². The molecule has 0 aromatic heterocycles. The lowest BCUT2D eigenvalue weighted by Gasteiger charge is -2.26. The number of anilines is 1. The molecule has 29 heavy (non-hydrogen) atoms. The van der Waals surface area contributed by atoms with Crippen LogP contribution in [-0.2, 0) is 11.3 Å². The Labute approximate surface area is 190 Å². The number of aliphatic imine (C=N–C) groups is 1. The molecule has 0 saturated carbocycles. The van der Waals surface area contributed by atoms with E-state index >= 15 is 0 Å². The monoisotopic (exact) mass is 510 g/mol. The third-order valence-electron chi connectivity index (χ3n) is 4.94. The van der Waals surface area contributed by atoms with E-state index in [1.807, 2.05) is 30.3 Å². The minimum Gasteiger partial charge on any atom is -0.492 e. The van der Waals surface area contributed by atoms with Crippen molar-refractivity contribution in [1.29, 1.82) is 0 Å². The fourth-order valence-corrected chi connectivity index (χ4v) is 3.06. The first-order valence-corrected chi connectivity index (χ1v) is 9.77. The van der Waals surface area contributed by atoms with Gasteiger partial charge in [0, 0.05) is 30.9 Å². The highest BCUT2D eigenvalue weighted by atomic mass is 127. The van der Waals surface area contributed by atoms with Crippen LogP contribution in [0.2, 0.25) is 0 Å². The molecular weight excluding hydrogens is 479 g/mol. The normalized spacial score (nSPS) is 14.9. The van der Waals surface area contributed by atoms with E-state index in [0.29, 0.717) is 19.1 Å². The quantitative estimate of drug-likeness (QED) is 0.339. The third-order valence-corrected chi connectivity index (χ3v) is 4.94. The van der Waals surface area contributed by atoms with Crippen molar-refractivity contribution >= 4 is 35.6 Å². The molecule has 1 saturated heterocycles. The molecule has 6 nitrogen and oxygen atoms in total. The first-order chi connectivity index (χ1) is 13.6. The van der Waals surface area contributed by atoms with Gasteiger partial charge >= 0.3 is 0 Å². The fraction of sp³-hybridized carbons (Fsp3) is 0.409. The number of morpholine rings is 1. The Balaban J connectivity index is 0.00000300. The lowest BCUT2D eigenvalue weighted by atomic mass is 10.1. The maximum atomic E-state index is 6.07. The molecule has 0 bridgehead atoms. The molecule has 1 aliphatic rings. The number of aryl methyl sites for hydroxylation is 2. The smallest absolute Gasteiger partial charge is 0.193 e. The van der Waals surface area contributed by atoms with Crippen molar-refractivity contribution in [2.24, 2.45) is 10.7 Å². The van der Waals surface area contributed by atoms with Crippen LogP contribution >= 0.6 is 24.0 Å². The SMILES string of the molecule is Cc1ccc(NC(N)=NCc2ccccc2OCCN2CCOCC2)cc1C.I. The van der Waals surface area contributed by atoms with Crippen LogP contribution in [0.1, 0.15) is 16.7 Å². The van der Waals surface area contributed by atoms with Crippen molar-refractivity contribution in [2.75, 3.05) is 44.8 Å². The molecule has 1 heterocycles. The van der Waals surface area contributed by atoms with Gasteiger partial charge in [0.15, 0.2) is 5.96 Å². The highest BCUT2D eigenvalue weighted by Gasteiger charge is 2.10. The molecule has 0 amide bonds. The summed E-state index contributed by atoms with van der Waals surface area (Å²) in [5.74, 6) is 1.25. The second kappa shape index (κ2) is 12.0. The largest absolute Gasteiger partial charge is 0.492 e. The van der Waals surface area contributed by atoms with E-state index in [-0.39, 0.29) is 24.0 Å². The first kappa shape index (κ1) is 23.4. The molecule has 0 unspecified atom stereocenters. The van der Waals surface area contributed by atoms with Crippen LogP contribution < -0.4 is 15.8 Å². The summed E-state index contributed by atoms with van der Waals surface area (Å²) >= 11 is 0. The third kappa shape index (κ3) is 7.49. The molecule has 0 atom stereocenters. The van der Waals surface area contributed by atoms with Crippen LogP contribution in [0.25, 0.3) is 0 Å². The van der Waals surface area contributed by atoms with Crippen molar-refractivity contribution in [3.05, 3.63) is 59.2 Å². The topological polar surface area (TPSA) is 72.1 Å². The van der Waals surface area contributed by atoms with Gasteiger partial charge in [-0.2, -0.15) is 0 Å². The summed E-state index contributed by atoms with van der Waals surface area (Å²) in [5.41, 5.74) is 10.5. The van der Waals surface area contributed by atoms with E-state index in [1.54, 1.807) is 0 Å². The molecule has 7 heteroatoms. The molecule has 158 valence electrons. The highest BCUT2D eigenvalue weighted by Crippen LogP contribution is 2.19. The number of benzene rings is 2. The van der Waals surface area contributed by atoms with Crippen molar-refractivity contribution < 1.29 is 9.47 Å². The van der Waals surface area contributed by atoms with E-state index < -0.39 is 0 Å². The number of nitrogens with two attached hydrogens (primary N) is 1. The van der Waals surface area contributed by atoms with Gasteiger partial charge in [0.05, 0.1) is 19.8 Å². The van der Waals surface area contributed by atoms with Crippen molar-refractivity contribution in [3.8, 4) is 5.75 Å². The minimum absolute atomic E-state index is 0. The number of para-hydroxylation sites is 1. The van der Waals surface area contributed by atoms with Gasteiger partial charge in [0.25, 0.3) is 0 Å². The fourth-order valence-electron chi connectivity index (χ4n) is 3.06. The first-order valence-electron chi connectivity index (χ1n) is 9.77. The summed E-state index contributed by atoms with van der Waals surface area (Å²) in [4.78, 5) is 6.83. The molecular formula is C22H31IN4O2. The number of rotatable bonds is 7. The maximum absolute atomic E-state index is 6.07. The van der Waals surface area contributed by atoms with Gasteiger partial charge in [-0.25, -0.2) is 4.99 Å². The molecule has 3 rings (SSSR count). The summed E-state index contributed by atoms with van der Waals surface area (Å²) in [5, 5.41) is 3.15. The second-order valence-corrected chi connectivity index (χ2v) is 7.04. The Morgan fingerprint density at radius 2 is 1.90 bits per heavy atom. The maximum Gasteiger partial charge on any atom is 0.193 e. The number of guanidine groups is 1. The Kier molecular flexibility index (Phi) is 9.69. The van der Waals surface area contributed by atoms with E-state index in [0.717, 1.165) is 49.8 Å². The van der Waals surface area contributed by atoms with Crippen LogP contribution in [0.3, 0.4) is 0 Å². The standard InChI is InChI=1S/C22H30N4O2.HI/c1-17-7-8-20(15-18(17)2)25-22(23)24-16-19-5-3-4-6-21(19)28-14-11-26-9-12-27-13-10-26;/h3-8,15H,9-14,16H2,1-2H3,(H3,23,24,25);1H. The van der Waals surface area contributed by atoms with Crippen LogP contribution in [0.4, 0.5) is 5.69 Å². The zero-order chi connectivity index (χ0) is 19.8. The number of nitrogens with one attached hydrogen (secondary N) is 1. The predicted molar refractivity (Wildman–Crippen MR) is 129 cm³/mol. The number of hydrogen-bond acceptors (Lipinski definition) is 4. The molecule has 0 radical (unpaired) electrons. The Morgan fingerprint density at radius 1 is 1.14 bits per heavy atom. The zero-order valence-electron chi connectivity index (χ0n) is 17.2. The lowest BCUT2D eigenvalue weighted by Crippen LogP contribution is -2.38. The average Bonchev–Trinajstić information content (AvgIpc) is 2.71. The van der Waals surface area contributed by atoms with E-state index in [4.69, 9.17) is 15.2 Å². The van der Waals surface area contributed by atoms with Gasteiger partial charge in [-0.3, -0.25) is 4.90 Å². The molecule has 3 N–H and O–H groups in total. The highest BCUT2D eigenvalue weighted by molar-refractivity contribution is 14.0. The number of hydrogen-bond donors (Lipinski definition) is 2. The van der Waals surface area contributed by atoms with Crippen LogP contribution in [0.15, 0.2) is 47.5 Å². The molecule has 0 aliphatic carbocycles. The van der Waals surface area contributed by atoms with Gasteiger partial charge in [0.1, 0.15) is 12.4 Å². The molecule has 1 fully saturated rings. The summed E-state index contributed by atoms with van der Waals surface area (Å²) in [6, 6.07) is 14.1. The summed E-state index contributed by atoms with van der Waals surface area (Å²) in [6.07, 6.45) is 0. The average molecular weight is 510 g/mol. The Hall–Kier alpha value is -1.84. The Bertz CT molecular complexity index is 807. The van der Waals surface area contributed by atoms with E-state index in [1.165, 1.54) is 11.1 Å². The van der Waals surface area contributed by atoms with Crippen LogP contribution in [0, 0.1) is 13.8 Å².